The summed E-state index contributed by atoms with van der Waals surface area (Å²) < 4.78 is 6.89. The first-order valence-corrected chi connectivity index (χ1v) is 12.0. The lowest BCUT2D eigenvalue weighted by atomic mass is 10.1. The molecule has 0 atom stereocenters. The first kappa shape index (κ1) is 25.1. The molecule has 0 aromatic carbocycles. The van der Waals surface area contributed by atoms with Crippen LogP contribution in [0.4, 0.5) is 5.00 Å². The Hall–Kier alpha value is -2.50. The molecule has 1 N–H and O–H groups in total. The third-order valence-corrected chi connectivity index (χ3v) is 7.61. The van der Waals surface area contributed by atoms with E-state index in [0.29, 0.717) is 26.1 Å². The van der Waals surface area contributed by atoms with Crippen molar-refractivity contribution in [2.75, 3.05) is 52.7 Å². The number of amides is 1. The summed E-state index contributed by atoms with van der Waals surface area (Å²) in [6.07, 6.45) is 0. The summed E-state index contributed by atoms with van der Waals surface area (Å²) in [6.45, 7) is 10.1. The van der Waals surface area contributed by atoms with Crippen molar-refractivity contribution < 1.29 is 14.3 Å². The number of carbonyl (C=O) groups excluding carboxylic acids is 2. The largest absolute Gasteiger partial charge is 0.465 e. The predicted molar refractivity (Wildman–Crippen MR) is 134 cm³/mol. The number of rotatable bonds is 5. The molecule has 0 spiro atoms. The van der Waals surface area contributed by atoms with Crippen LogP contribution >= 0.6 is 23.6 Å². The van der Waals surface area contributed by atoms with Gasteiger partial charge in [0.05, 0.1) is 23.2 Å². The first-order valence-electron chi connectivity index (χ1n) is 10.8. The van der Waals surface area contributed by atoms with Crippen molar-refractivity contribution >= 4 is 45.5 Å². The Labute approximate surface area is 204 Å². The second kappa shape index (κ2) is 10.2. The van der Waals surface area contributed by atoms with Crippen molar-refractivity contribution in [1.29, 1.82) is 0 Å². The molecule has 1 fully saturated rings. The lowest BCUT2D eigenvalue weighted by Crippen LogP contribution is -2.49. The van der Waals surface area contributed by atoms with Gasteiger partial charge in [-0.2, -0.15) is 5.10 Å². The molecule has 1 amide bonds. The van der Waals surface area contributed by atoms with E-state index >= 15 is 0 Å². The van der Waals surface area contributed by atoms with Crippen LogP contribution in [0.3, 0.4) is 0 Å². The van der Waals surface area contributed by atoms with E-state index in [0.717, 1.165) is 38.4 Å². The van der Waals surface area contributed by atoms with Gasteiger partial charge in [-0.3, -0.25) is 14.4 Å². The van der Waals surface area contributed by atoms with Crippen LogP contribution in [0, 0.1) is 20.8 Å². The first-order chi connectivity index (χ1) is 15.5. The van der Waals surface area contributed by atoms with Gasteiger partial charge in [0, 0.05) is 65.1 Å². The number of ether oxygens (including phenoxy) is 1. The van der Waals surface area contributed by atoms with Crippen LogP contribution in [0.5, 0.6) is 0 Å². The zero-order valence-electron chi connectivity index (χ0n) is 20.3. The predicted octanol–water partition coefficient (Wildman–Crippen LogP) is 2.41. The van der Waals surface area contributed by atoms with Gasteiger partial charge >= 0.3 is 5.97 Å². The molecule has 2 aromatic rings. The molecular formula is C22H32N6O3S2. The Bertz CT molecular complexity index is 1070. The molecule has 33 heavy (non-hydrogen) atoms. The van der Waals surface area contributed by atoms with Crippen LogP contribution in [-0.2, 0) is 18.3 Å². The Morgan fingerprint density at radius 1 is 1.18 bits per heavy atom. The maximum absolute atomic E-state index is 12.6. The fraction of sp³-hybridized carbons (Fsp3) is 0.545. The van der Waals surface area contributed by atoms with Gasteiger partial charge in [0.1, 0.15) is 5.00 Å². The number of aromatic nitrogens is 2. The number of esters is 1. The fourth-order valence-electron chi connectivity index (χ4n) is 3.91. The van der Waals surface area contributed by atoms with Crippen molar-refractivity contribution in [2.45, 2.75) is 27.3 Å². The Morgan fingerprint density at radius 2 is 1.82 bits per heavy atom. The maximum Gasteiger partial charge on any atom is 0.341 e. The summed E-state index contributed by atoms with van der Waals surface area (Å²) in [6, 6.07) is 0. The van der Waals surface area contributed by atoms with Crippen molar-refractivity contribution in [3.05, 3.63) is 33.0 Å². The Kier molecular flexibility index (Phi) is 7.76. The Balaban J connectivity index is 1.69. The second-order valence-corrected chi connectivity index (χ2v) is 9.83. The van der Waals surface area contributed by atoms with E-state index < -0.39 is 5.97 Å². The molecule has 3 heterocycles. The van der Waals surface area contributed by atoms with E-state index in [9.17, 15) is 9.59 Å². The van der Waals surface area contributed by atoms with Crippen molar-refractivity contribution in [3.63, 3.8) is 0 Å². The molecule has 0 aliphatic carbocycles. The number of carbonyl (C=O) groups is 2. The number of hydrogen-bond acceptors (Lipinski definition) is 7. The van der Waals surface area contributed by atoms with Crippen LogP contribution in [0.25, 0.3) is 0 Å². The molecule has 0 saturated carbocycles. The fourth-order valence-corrected chi connectivity index (χ4v) is 5.48. The van der Waals surface area contributed by atoms with Gasteiger partial charge in [0.15, 0.2) is 5.11 Å². The highest BCUT2D eigenvalue weighted by atomic mass is 32.1. The van der Waals surface area contributed by atoms with E-state index in [1.165, 1.54) is 34.6 Å². The van der Waals surface area contributed by atoms with Gasteiger partial charge in [-0.25, -0.2) is 4.79 Å². The maximum atomic E-state index is 12.6. The number of aryl methyl sites for hydroxylation is 2. The summed E-state index contributed by atoms with van der Waals surface area (Å²) >= 11 is 6.89. The van der Waals surface area contributed by atoms with E-state index in [-0.39, 0.29) is 5.91 Å². The minimum atomic E-state index is -0.487. The number of thiophene rings is 1. The molecule has 180 valence electrons. The third-order valence-electron chi connectivity index (χ3n) is 6.06. The molecule has 1 saturated heterocycles. The van der Waals surface area contributed by atoms with Crippen LogP contribution in [-0.4, -0.2) is 88.9 Å². The number of hydrogen-bond donors (Lipinski definition) is 1. The lowest BCUT2D eigenvalue weighted by Gasteiger charge is -2.36. The van der Waals surface area contributed by atoms with Gasteiger partial charge in [0.2, 0.25) is 0 Å². The van der Waals surface area contributed by atoms with Gasteiger partial charge in [-0.1, -0.05) is 0 Å². The molecule has 0 radical (unpaired) electrons. The molecule has 0 bridgehead atoms. The van der Waals surface area contributed by atoms with Crippen LogP contribution in [0.2, 0.25) is 0 Å². The van der Waals surface area contributed by atoms with Crippen molar-refractivity contribution in [3.8, 4) is 0 Å². The minimum Gasteiger partial charge on any atom is -0.465 e. The lowest BCUT2D eigenvalue weighted by molar-refractivity contribution is 0.0601. The number of methoxy groups -OCH3 is 1. The van der Waals surface area contributed by atoms with E-state index in [1.807, 2.05) is 11.7 Å². The minimum absolute atomic E-state index is 0.156. The normalized spacial score (nSPS) is 14.3. The Morgan fingerprint density at radius 3 is 2.33 bits per heavy atom. The molecular weight excluding hydrogens is 460 g/mol. The monoisotopic (exact) mass is 492 g/mol. The number of anilines is 1. The molecule has 1 aliphatic rings. The highest BCUT2D eigenvalue weighted by Gasteiger charge is 2.28. The highest BCUT2D eigenvalue weighted by molar-refractivity contribution is 7.80. The third kappa shape index (κ3) is 5.20. The quantitative estimate of drug-likeness (QED) is 0.503. The van der Waals surface area contributed by atoms with Crippen molar-refractivity contribution in [1.82, 2.24) is 24.5 Å². The molecule has 11 heteroatoms. The molecule has 0 unspecified atom stereocenters. The zero-order valence-corrected chi connectivity index (χ0v) is 21.9. The number of nitrogens with one attached hydrogen (secondary N) is 1. The van der Waals surface area contributed by atoms with Crippen LogP contribution in [0.15, 0.2) is 0 Å². The van der Waals surface area contributed by atoms with Gasteiger partial charge < -0.3 is 19.9 Å². The second-order valence-electron chi connectivity index (χ2n) is 8.42. The van der Waals surface area contributed by atoms with E-state index in [4.69, 9.17) is 17.0 Å². The zero-order chi connectivity index (χ0) is 24.4. The summed E-state index contributed by atoms with van der Waals surface area (Å²) in [5.41, 5.74) is 4.50. The SMILES string of the molecule is COC(=O)c1c(NC(=S)N2CCN(Cc3c(C)nn(C)c3C)CC2)sc(C(=O)N(C)C)c1C. The van der Waals surface area contributed by atoms with Crippen LogP contribution in [0.1, 0.15) is 42.5 Å². The number of piperazine rings is 1. The average molecular weight is 493 g/mol. The smallest absolute Gasteiger partial charge is 0.341 e. The van der Waals surface area contributed by atoms with Gasteiger partial charge in [-0.15, -0.1) is 11.3 Å². The summed E-state index contributed by atoms with van der Waals surface area (Å²) in [7, 11) is 6.68. The molecule has 1 aliphatic heterocycles. The van der Waals surface area contributed by atoms with Crippen molar-refractivity contribution in [2.24, 2.45) is 7.05 Å². The molecule has 3 rings (SSSR count). The van der Waals surface area contributed by atoms with Gasteiger partial charge in [0.25, 0.3) is 5.91 Å². The standard InChI is InChI=1S/C22H32N6O3S2/c1-13-17(21(30)31-7)19(33-18(13)20(29)25(4)5)23-22(32)28-10-8-27(9-11-28)12-16-14(2)24-26(6)15(16)3/h8-12H2,1-7H3,(H,23,32). The van der Waals surface area contributed by atoms with Gasteiger partial charge in [-0.05, 0) is 38.6 Å². The molecule has 9 nitrogen and oxygen atoms in total. The number of thiocarbonyl (C=S) groups is 1. The molecule has 2 aromatic heterocycles. The van der Waals surface area contributed by atoms with E-state index in [2.05, 4.69) is 34.1 Å². The summed E-state index contributed by atoms with van der Waals surface area (Å²) in [5.74, 6) is -0.643. The van der Waals surface area contributed by atoms with E-state index in [1.54, 1.807) is 21.0 Å². The summed E-state index contributed by atoms with van der Waals surface area (Å²) in [5, 5.41) is 8.80. The topological polar surface area (TPSA) is 82.9 Å². The average Bonchev–Trinajstić information content (AvgIpc) is 3.22. The summed E-state index contributed by atoms with van der Waals surface area (Å²) in [4.78, 5) is 31.5. The highest BCUT2D eigenvalue weighted by Crippen LogP contribution is 2.34. The number of nitrogens with zero attached hydrogens (tertiary/aromatic N) is 5. The van der Waals surface area contributed by atoms with Crippen LogP contribution < -0.4 is 5.32 Å².